The number of Topliss-reactive ketones (excluding diaryl/α,β-unsaturated/α-hetero) is 1. The van der Waals surface area contributed by atoms with Crippen LogP contribution in [0.5, 0.6) is 5.75 Å². The van der Waals surface area contributed by atoms with Crippen molar-refractivity contribution in [2.45, 2.75) is 11.9 Å². The maximum absolute atomic E-state index is 12.3. The number of carbonyl (C=O) groups excluding carboxylic acids is 2. The second kappa shape index (κ2) is 7.92. The van der Waals surface area contributed by atoms with E-state index in [1.807, 2.05) is 18.2 Å². The third-order valence-corrected chi connectivity index (χ3v) is 5.46. The lowest BCUT2D eigenvalue weighted by Crippen LogP contribution is -2.14. The molecule has 0 aliphatic rings. The first kappa shape index (κ1) is 18.9. The minimum absolute atomic E-state index is 0.0119. The number of ether oxygens (including phenoxy) is 1. The highest BCUT2D eigenvalue weighted by Crippen LogP contribution is 2.31. The number of aromatic nitrogens is 3. The highest BCUT2D eigenvalue weighted by atomic mass is 32.2. The number of benzene rings is 2. The molecule has 0 radical (unpaired) electrons. The van der Waals surface area contributed by atoms with Crippen molar-refractivity contribution in [3.8, 4) is 5.75 Å². The number of ketones is 1. The zero-order valence-corrected chi connectivity index (χ0v) is 16.7. The molecule has 0 fully saturated rings. The molecule has 0 unspecified atom stereocenters. The summed E-state index contributed by atoms with van der Waals surface area (Å²) in [7, 11) is 1.62. The molecule has 0 saturated heterocycles. The van der Waals surface area contributed by atoms with Crippen molar-refractivity contribution < 1.29 is 14.3 Å². The maximum atomic E-state index is 12.3. The van der Waals surface area contributed by atoms with Crippen LogP contribution in [-0.4, -0.2) is 39.5 Å². The molecule has 0 aliphatic heterocycles. The largest absolute Gasteiger partial charge is 0.497 e. The maximum Gasteiger partial charge on any atom is 0.234 e. The standard InChI is InChI=1S/C21H18N4O3S/c1-12(26)13-3-5-14(6-4-13)24-18(27)10-29-21-20-19(22-11-23-21)16-9-15(28-2)7-8-17(16)25-20/h3-9,11,25H,10H2,1-2H3,(H,24,27). The van der Waals surface area contributed by atoms with Crippen molar-refractivity contribution in [1.29, 1.82) is 0 Å². The molecule has 29 heavy (non-hydrogen) atoms. The number of anilines is 1. The van der Waals surface area contributed by atoms with E-state index in [2.05, 4.69) is 20.3 Å². The van der Waals surface area contributed by atoms with Gasteiger partial charge in [-0.15, -0.1) is 0 Å². The Labute approximate surface area is 170 Å². The van der Waals surface area contributed by atoms with Crippen LogP contribution in [0.15, 0.2) is 53.8 Å². The molecule has 2 aromatic carbocycles. The van der Waals surface area contributed by atoms with E-state index in [1.165, 1.54) is 25.0 Å². The summed E-state index contributed by atoms with van der Waals surface area (Å²) in [5.41, 5.74) is 3.76. The monoisotopic (exact) mass is 406 g/mol. The van der Waals surface area contributed by atoms with Crippen LogP contribution in [0.4, 0.5) is 5.69 Å². The molecule has 2 heterocycles. The van der Waals surface area contributed by atoms with Crippen LogP contribution < -0.4 is 10.1 Å². The number of nitrogens with zero attached hydrogens (tertiary/aromatic N) is 2. The first-order valence-electron chi connectivity index (χ1n) is 8.89. The highest BCUT2D eigenvalue weighted by molar-refractivity contribution is 8.00. The SMILES string of the molecule is COc1ccc2[nH]c3c(SCC(=O)Nc4ccc(C(C)=O)cc4)ncnc3c2c1. The fraction of sp³-hybridized carbons (Fsp3) is 0.143. The van der Waals surface area contributed by atoms with Gasteiger partial charge in [0.2, 0.25) is 5.91 Å². The van der Waals surface area contributed by atoms with Crippen LogP contribution in [0.3, 0.4) is 0 Å². The van der Waals surface area contributed by atoms with Gasteiger partial charge in [0.15, 0.2) is 5.78 Å². The summed E-state index contributed by atoms with van der Waals surface area (Å²) in [6.07, 6.45) is 1.50. The van der Waals surface area contributed by atoms with Crippen LogP contribution in [0.1, 0.15) is 17.3 Å². The second-order valence-corrected chi connectivity index (χ2v) is 7.37. The fourth-order valence-corrected chi connectivity index (χ4v) is 3.76. The molecular weight excluding hydrogens is 388 g/mol. The Bertz CT molecular complexity index is 1220. The third kappa shape index (κ3) is 3.93. The van der Waals surface area contributed by atoms with Crippen molar-refractivity contribution in [1.82, 2.24) is 15.0 Å². The highest BCUT2D eigenvalue weighted by Gasteiger charge is 2.13. The Kier molecular flexibility index (Phi) is 5.18. The minimum Gasteiger partial charge on any atom is -0.497 e. The van der Waals surface area contributed by atoms with Crippen LogP contribution in [0.25, 0.3) is 21.9 Å². The zero-order valence-electron chi connectivity index (χ0n) is 15.9. The summed E-state index contributed by atoms with van der Waals surface area (Å²) in [6, 6.07) is 12.5. The van der Waals surface area contributed by atoms with Gasteiger partial charge in [-0.05, 0) is 49.4 Å². The lowest BCUT2D eigenvalue weighted by Gasteiger charge is -2.06. The van der Waals surface area contributed by atoms with Crippen molar-refractivity contribution in [3.63, 3.8) is 0 Å². The smallest absolute Gasteiger partial charge is 0.234 e. The molecule has 1 amide bonds. The van der Waals surface area contributed by atoms with Gasteiger partial charge < -0.3 is 15.0 Å². The predicted molar refractivity (Wildman–Crippen MR) is 114 cm³/mol. The lowest BCUT2D eigenvalue weighted by molar-refractivity contribution is -0.113. The average molecular weight is 406 g/mol. The second-order valence-electron chi connectivity index (χ2n) is 6.41. The molecule has 146 valence electrons. The van der Waals surface area contributed by atoms with E-state index in [0.717, 1.165) is 27.7 Å². The zero-order chi connectivity index (χ0) is 20.4. The summed E-state index contributed by atoms with van der Waals surface area (Å²) in [5.74, 6) is 0.776. The van der Waals surface area contributed by atoms with E-state index < -0.39 is 0 Å². The molecule has 7 nitrogen and oxygen atoms in total. The third-order valence-electron chi connectivity index (χ3n) is 4.47. The Morgan fingerprint density at radius 1 is 1.14 bits per heavy atom. The topological polar surface area (TPSA) is 97.0 Å². The quantitative estimate of drug-likeness (QED) is 0.285. The number of hydrogen-bond acceptors (Lipinski definition) is 6. The first-order chi connectivity index (χ1) is 14.0. The van der Waals surface area contributed by atoms with E-state index in [4.69, 9.17) is 4.74 Å². The molecule has 2 N–H and O–H groups in total. The lowest BCUT2D eigenvalue weighted by atomic mass is 10.1. The number of amides is 1. The van der Waals surface area contributed by atoms with E-state index in [1.54, 1.807) is 31.4 Å². The number of nitrogens with one attached hydrogen (secondary N) is 2. The number of carbonyl (C=O) groups is 2. The van der Waals surface area contributed by atoms with Gasteiger partial charge >= 0.3 is 0 Å². The summed E-state index contributed by atoms with van der Waals surface area (Å²) in [4.78, 5) is 35.7. The molecule has 0 spiro atoms. The van der Waals surface area contributed by atoms with Crippen molar-refractivity contribution in [2.24, 2.45) is 0 Å². The first-order valence-corrected chi connectivity index (χ1v) is 9.88. The molecule has 8 heteroatoms. The molecule has 0 bridgehead atoms. The Balaban J connectivity index is 1.50. The molecule has 0 atom stereocenters. The van der Waals surface area contributed by atoms with Crippen LogP contribution in [0, 0.1) is 0 Å². The van der Waals surface area contributed by atoms with E-state index in [0.29, 0.717) is 16.3 Å². The number of hydrogen-bond donors (Lipinski definition) is 2. The van der Waals surface area contributed by atoms with Gasteiger partial charge in [0.1, 0.15) is 22.6 Å². The molecule has 4 rings (SSSR count). The number of aromatic amines is 1. The molecule has 2 aromatic heterocycles. The van der Waals surface area contributed by atoms with Gasteiger partial charge in [-0.2, -0.15) is 0 Å². The summed E-state index contributed by atoms with van der Waals surface area (Å²) >= 11 is 1.33. The van der Waals surface area contributed by atoms with Crippen molar-refractivity contribution >= 4 is 51.1 Å². The van der Waals surface area contributed by atoms with Gasteiger partial charge in [0, 0.05) is 22.2 Å². The van der Waals surface area contributed by atoms with E-state index in [9.17, 15) is 9.59 Å². The van der Waals surface area contributed by atoms with E-state index in [-0.39, 0.29) is 17.4 Å². The van der Waals surface area contributed by atoms with Gasteiger partial charge in [0.25, 0.3) is 0 Å². The number of rotatable bonds is 6. The number of thioether (sulfide) groups is 1. The fourth-order valence-electron chi connectivity index (χ4n) is 3.00. The predicted octanol–water partition coefficient (Wildman–Crippen LogP) is 4.05. The van der Waals surface area contributed by atoms with Crippen LogP contribution in [0.2, 0.25) is 0 Å². The number of H-pyrrole nitrogens is 1. The van der Waals surface area contributed by atoms with Crippen molar-refractivity contribution in [2.75, 3.05) is 18.2 Å². The number of fused-ring (bicyclic) bond motifs is 3. The summed E-state index contributed by atoms with van der Waals surface area (Å²) in [5, 5.41) is 4.47. The molecule has 0 saturated carbocycles. The normalized spacial score (nSPS) is 11.0. The molecule has 0 aliphatic carbocycles. The Hall–Kier alpha value is -3.39. The molecule has 4 aromatic rings. The number of methoxy groups -OCH3 is 1. The van der Waals surface area contributed by atoms with E-state index >= 15 is 0 Å². The average Bonchev–Trinajstić information content (AvgIpc) is 3.11. The Morgan fingerprint density at radius 2 is 1.93 bits per heavy atom. The van der Waals surface area contributed by atoms with Crippen molar-refractivity contribution in [3.05, 3.63) is 54.4 Å². The van der Waals surface area contributed by atoms with Crippen LogP contribution >= 0.6 is 11.8 Å². The summed E-state index contributed by atoms with van der Waals surface area (Å²) < 4.78 is 5.29. The van der Waals surface area contributed by atoms with Gasteiger partial charge in [0.05, 0.1) is 18.4 Å². The Morgan fingerprint density at radius 3 is 2.66 bits per heavy atom. The van der Waals surface area contributed by atoms with Gasteiger partial charge in [-0.25, -0.2) is 9.97 Å². The minimum atomic E-state index is -0.157. The molecular formula is C21H18N4O3S. The van der Waals surface area contributed by atoms with Gasteiger partial charge in [-0.1, -0.05) is 11.8 Å². The van der Waals surface area contributed by atoms with Gasteiger partial charge in [-0.3, -0.25) is 9.59 Å². The van der Waals surface area contributed by atoms with Crippen LogP contribution in [-0.2, 0) is 4.79 Å². The summed E-state index contributed by atoms with van der Waals surface area (Å²) in [6.45, 7) is 1.51.